The first-order valence-corrected chi connectivity index (χ1v) is 6.97. The van der Waals surface area contributed by atoms with E-state index in [2.05, 4.69) is 42.3 Å². The quantitative estimate of drug-likeness (QED) is 0.456. The zero-order chi connectivity index (χ0) is 13.5. The molecule has 2 rings (SSSR count). The molecule has 0 aromatic heterocycles. The van der Waals surface area contributed by atoms with Gasteiger partial charge in [-0.3, -0.25) is 0 Å². The van der Waals surface area contributed by atoms with Crippen LogP contribution >= 0.6 is 0 Å². The highest BCUT2D eigenvalue weighted by molar-refractivity contribution is 5.87. The lowest BCUT2D eigenvalue weighted by atomic mass is 9.83. The molecule has 19 heavy (non-hydrogen) atoms. The van der Waals surface area contributed by atoms with Gasteiger partial charge in [0.05, 0.1) is 5.71 Å². The van der Waals surface area contributed by atoms with Crippen molar-refractivity contribution in [3.63, 3.8) is 0 Å². The van der Waals surface area contributed by atoms with Crippen LogP contribution in [0.2, 0.25) is 0 Å². The minimum atomic E-state index is 0.265. The molecule has 1 aliphatic rings. The van der Waals surface area contributed by atoms with Crippen molar-refractivity contribution in [1.82, 2.24) is 0 Å². The number of hydrogen-bond acceptors (Lipinski definition) is 2. The summed E-state index contributed by atoms with van der Waals surface area (Å²) in [5.41, 5.74) is 3.86. The van der Waals surface area contributed by atoms with Crippen LogP contribution in [0.1, 0.15) is 36.8 Å². The van der Waals surface area contributed by atoms with Gasteiger partial charge in [-0.15, -0.1) is 6.42 Å². The van der Waals surface area contributed by atoms with Gasteiger partial charge in [-0.2, -0.15) is 0 Å². The number of terminal acetylenes is 1. The average Bonchev–Trinajstić information content (AvgIpc) is 2.43. The molecule has 0 amide bonds. The summed E-state index contributed by atoms with van der Waals surface area (Å²) < 4.78 is 0. The molecule has 1 unspecified atom stereocenters. The Morgan fingerprint density at radius 2 is 2.11 bits per heavy atom. The molecule has 1 atom stereocenters. The van der Waals surface area contributed by atoms with Gasteiger partial charge < -0.3 is 4.84 Å². The summed E-state index contributed by atoms with van der Waals surface area (Å²) in [7, 11) is 0. The van der Waals surface area contributed by atoms with Crippen LogP contribution in [0.5, 0.6) is 0 Å². The summed E-state index contributed by atoms with van der Waals surface area (Å²) in [5, 5.41) is 4.24. The highest BCUT2D eigenvalue weighted by atomic mass is 16.6. The Bertz CT molecular complexity index is 467. The molecule has 0 saturated heterocycles. The number of aryl methyl sites for hydroxylation is 1. The van der Waals surface area contributed by atoms with E-state index < -0.39 is 0 Å². The Labute approximate surface area is 115 Å². The monoisotopic (exact) mass is 255 g/mol. The number of benzene rings is 1. The molecule has 0 spiro atoms. The number of nitrogens with zero attached hydrogens (tertiary/aromatic N) is 1. The molecule has 0 bridgehead atoms. The second-order valence-corrected chi connectivity index (χ2v) is 5.19. The summed E-state index contributed by atoms with van der Waals surface area (Å²) in [6.45, 7) is 2.38. The molecule has 1 saturated carbocycles. The molecule has 0 aliphatic heterocycles. The van der Waals surface area contributed by atoms with Crippen molar-refractivity contribution in [3.8, 4) is 12.3 Å². The summed E-state index contributed by atoms with van der Waals surface area (Å²) in [6, 6.07) is 8.77. The SMILES string of the molecule is C#CCON=C1CCCCC1Cc1ccc(C)cc1. The molecular formula is C17H21NO. The van der Waals surface area contributed by atoms with Gasteiger partial charge in [0.15, 0.2) is 6.61 Å². The molecule has 100 valence electrons. The smallest absolute Gasteiger partial charge is 0.177 e. The predicted octanol–water partition coefficient (Wildman–Crippen LogP) is 3.73. The van der Waals surface area contributed by atoms with E-state index >= 15 is 0 Å². The lowest BCUT2D eigenvalue weighted by molar-refractivity contribution is 0.175. The van der Waals surface area contributed by atoms with Crippen LogP contribution in [0.4, 0.5) is 0 Å². The third-order valence-electron chi connectivity index (χ3n) is 3.64. The van der Waals surface area contributed by atoms with E-state index in [0.29, 0.717) is 5.92 Å². The first-order chi connectivity index (χ1) is 9.29. The third-order valence-corrected chi connectivity index (χ3v) is 3.64. The average molecular weight is 255 g/mol. The normalized spacial score (nSPS) is 21.1. The van der Waals surface area contributed by atoms with Crippen LogP contribution in [-0.4, -0.2) is 12.3 Å². The minimum Gasteiger partial charge on any atom is -0.383 e. The molecule has 0 heterocycles. The second-order valence-electron chi connectivity index (χ2n) is 5.19. The van der Waals surface area contributed by atoms with Gasteiger partial charge in [0.1, 0.15) is 0 Å². The summed E-state index contributed by atoms with van der Waals surface area (Å²) >= 11 is 0. The fourth-order valence-electron chi connectivity index (χ4n) is 2.57. The molecule has 0 radical (unpaired) electrons. The molecule has 1 aromatic carbocycles. The lowest BCUT2D eigenvalue weighted by Crippen LogP contribution is -2.22. The second kappa shape index (κ2) is 6.99. The Hall–Kier alpha value is -1.75. The zero-order valence-electron chi connectivity index (χ0n) is 11.6. The van der Waals surface area contributed by atoms with Crippen molar-refractivity contribution in [2.45, 2.75) is 39.0 Å². The summed E-state index contributed by atoms with van der Waals surface area (Å²) in [4.78, 5) is 5.16. The topological polar surface area (TPSA) is 21.6 Å². The van der Waals surface area contributed by atoms with Gasteiger partial charge >= 0.3 is 0 Å². The maximum absolute atomic E-state index is 5.17. The van der Waals surface area contributed by atoms with E-state index in [1.165, 1.54) is 36.1 Å². The van der Waals surface area contributed by atoms with Crippen LogP contribution in [0.25, 0.3) is 0 Å². The first kappa shape index (κ1) is 13.7. The molecule has 1 fully saturated rings. The molecule has 0 N–H and O–H groups in total. The Morgan fingerprint density at radius 3 is 2.84 bits per heavy atom. The van der Waals surface area contributed by atoms with Crippen LogP contribution < -0.4 is 0 Å². The fourth-order valence-corrected chi connectivity index (χ4v) is 2.57. The van der Waals surface area contributed by atoms with Crippen LogP contribution in [-0.2, 0) is 11.3 Å². The highest BCUT2D eigenvalue weighted by Crippen LogP contribution is 2.25. The summed E-state index contributed by atoms with van der Waals surface area (Å²) in [6.07, 6.45) is 11.0. The van der Waals surface area contributed by atoms with Gasteiger partial charge in [-0.1, -0.05) is 47.3 Å². The van der Waals surface area contributed by atoms with E-state index in [9.17, 15) is 0 Å². The highest BCUT2D eigenvalue weighted by Gasteiger charge is 2.21. The maximum Gasteiger partial charge on any atom is 0.177 e. The number of rotatable bonds is 4. The van der Waals surface area contributed by atoms with E-state index in [-0.39, 0.29) is 6.61 Å². The molecule has 2 nitrogen and oxygen atoms in total. The Morgan fingerprint density at radius 1 is 1.32 bits per heavy atom. The number of hydrogen-bond donors (Lipinski definition) is 0. The molecular weight excluding hydrogens is 234 g/mol. The number of oxime groups is 1. The van der Waals surface area contributed by atoms with Crippen molar-refractivity contribution in [2.24, 2.45) is 11.1 Å². The van der Waals surface area contributed by atoms with E-state index in [4.69, 9.17) is 11.3 Å². The van der Waals surface area contributed by atoms with Crippen molar-refractivity contribution < 1.29 is 4.84 Å². The van der Waals surface area contributed by atoms with Gasteiger partial charge in [-0.05, 0) is 38.2 Å². The predicted molar refractivity (Wildman–Crippen MR) is 79.1 cm³/mol. The largest absolute Gasteiger partial charge is 0.383 e. The van der Waals surface area contributed by atoms with Crippen molar-refractivity contribution in [2.75, 3.05) is 6.61 Å². The van der Waals surface area contributed by atoms with Crippen molar-refractivity contribution >= 4 is 5.71 Å². The zero-order valence-corrected chi connectivity index (χ0v) is 11.6. The Kier molecular flexibility index (Phi) is 5.03. The minimum absolute atomic E-state index is 0.265. The fraction of sp³-hybridized carbons (Fsp3) is 0.471. The van der Waals surface area contributed by atoms with Crippen LogP contribution in [0.3, 0.4) is 0 Å². The summed E-state index contributed by atoms with van der Waals surface area (Å²) in [5.74, 6) is 2.96. The first-order valence-electron chi connectivity index (χ1n) is 6.97. The van der Waals surface area contributed by atoms with E-state index in [1.54, 1.807) is 0 Å². The Balaban J connectivity index is 2.01. The molecule has 1 aliphatic carbocycles. The van der Waals surface area contributed by atoms with Gasteiger partial charge in [0.2, 0.25) is 0 Å². The van der Waals surface area contributed by atoms with Gasteiger partial charge in [-0.25, -0.2) is 0 Å². The van der Waals surface area contributed by atoms with Crippen molar-refractivity contribution in [1.29, 1.82) is 0 Å². The van der Waals surface area contributed by atoms with Crippen LogP contribution in [0.15, 0.2) is 29.4 Å². The standard InChI is InChI=1S/C17H21NO/c1-3-12-19-18-17-7-5-4-6-16(17)13-15-10-8-14(2)9-11-15/h1,8-11,16H,4-7,12-13H2,2H3. The third kappa shape index (κ3) is 4.13. The van der Waals surface area contributed by atoms with Gasteiger partial charge in [0, 0.05) is 5.92 Å². The molecule has 2 heteroatoms. The molecule has 1 aromatic rings. The van der Waals surface area contributed by atoms with E-state index in [1.807, 2.05) is 0 Å². The van der Waals surface area contributed by atoms with Crippen molar-refractivity contribution in [3.05, 3.63) is 35.4 Å². The van der Waals surface area contributed by atoms with E-state index in [0.717, 1.165) is 12.8 Å². The maximum atomic E-state index is 5.17. The van der Waals surface area contributed by atoms with Crippen LogP contribution in [0, 0.1) is 25.2 Å². The van der Waals surface area contributed by atoms with Gasteiger partial charge in [0.25, 0.3) is 0 Å². The lowest BCUT2D eigenvalue weighted by Gasteiger charge is -2.23.